The lowest BCUT2D eigenvalue weighted by Crippen LogP contribution is -2.47. The average molecular weight is 235 g/mol. The normalized spacial score (nSPS) is 17.4. The van der Waals surface area contributed by atoms with E-state index in [9.17, 15) is 0 Å². The summed E-state index contributed by atoms with van der Waals surface area (Å²) in [6, 6.07) is 4.27. The maximum Gasteiger partial charge on any atom is 0.0558 e. The molecule has 1 N–H and O–H groups in total. The van der Waals surface area contributed by atoms with Crippen LogP contribution in [0.15, 0.2) is 18.3 Å². The van der Waals surface area contributed by atoms with Gasteiger partial charge in [0.1, 0.15) is 0 Å². The summed E-state index contributed by atoms with van der Waals surface area (Å²) in [5, 5.41) is 8.89. The van der Waals surface area contributed by atoms with E-state index in [4.69, 9.17) is 5.11 Å². The third-order valence-corrected chi connectivity index (χ3v) is 3.33. The number of pyridine rings is 1. The lowest BCUT2D eigenvalue weighted by molar-refractivity contribution is 0.189. The Bertz CT molecular complexity index is 331. The third-order valence-electron chi connectivity index (χ3n) is 3.33. The maximum absolute atomic E-state index is 8.89. The van der Waals surface area contributed by atoms with Crippen LogP contribution >= 0.6 is 0 Å². The van der Waals surface area contributed by atoms with Crippen molar-refractivity contribution in [2.75, 3.05) is 44.2 Å². The number of hydrogen-bond acceptors (Lipinski definition) is 4. The zero-order chi connectivity index (χ0) is 12.1. The first-order valence-electron chi connectivity index (χ1n) is 6.36. The number of nitrogens with zero attached hydrogens (tertiary/aromatic N) is 3. The van der Waals surface area contributed by atoms with Crippen LogP contribution in [0, 0.1) is 0 Å². The standard InChI is InChI=1S/C13H21N3O/c1-2-12-3-4-13(11-14-12)16-7-5-15(6-8-16)9-10-17/h3-4,11,17H,2,5-10H2,1H3. The molecular weight excluding hydrogens is 214 g/mol. The molecule has 1 fully saturated rings. The highest BCUT2D eigenvalue weighted by molar-refractivity contribution is 5.45. The molecule has 0 unspecified atom stereocenters. The summed E-state index contributed by atoms with van der Waals surface area (Å²) >= 11 is 0. The van der Waals surface area contributed by atoms with Crippen LogP contribution in [0.2, 0.25) is 0 Å². The molecule has 0 amide bonds. The van der Waals surface area contributed by atoms with Crippen molar-refractivity contribution in [3.8, 4) is 0 Å². The minimum absolute atomic E-state index is 0.257. The molecular formula is C13H21N3O. The van der Waals surface area contributed by atoms with Crippen molar-refractivity contribution < 1.29 is 5.11 Å². The average Bonchev–Trinajstić information content (AvgIpc) is 2.40. The summed E-state index contributed by atoms with van der Waals surface area (Å²) in [6.07, 6.45) is 2.96. The number of hydrogen-bond donors (Lipinski definition) is 1. The number of aliphatic hydroxyl groups is 1. The Balaban J connectivity index is 1.91. The molecule has 1 aliphatic rings. The van der Waals surface area contributed by atoms with Gasteiger partial charge in [0.05, 0.1) is 18.5 Å². The van der Waals surface area contributed by atoms with Gasteiger partial charge in [0.25, 0.3) is 0 Å². The Morgan fingerprint density at radius 3 is 2.53 bits per heavy atom. The van der Waals surface area contributed by atoms with Crippen LogP contribution in [0.1, 0.15) is 12.6 Å². The van der Waals surface area contributed by atoms with E-state index in [1.54, 1.807) is 0 Å². The van der Waals surface area contributed by atoms with Crippen LogP contribution in [-0.4, -0.2) is 54.3 Å². The van der Waals surface area contributed by atoms with Crippen molar-refractivity contribution in [3.05, 3.63) is 24.0 Å². The highest BCUT2D eigenvalue weighted by atomic mass is 16.3. The van der Waals surface area contributed by atoms with E-state index in [2.05, 4.69) is 33.8 Å². The molecule has 1 aromatic heterocycles. The molecule has 0 saturated carbocycles. The summed E-state index contributed by atoms with van der Waals surface area (Å²) in [5.74, 6) is 0. The number of piperazine rings is 1. The molecule has 0 aromatic carbocycles. The van der Waals surface area contributed by atoms with Crippen LogP contribution in [0.5, 0.6) is 0 Å². The lowest BCUT2D eigenvalue weighted by atomic mass is 10.2. The van der Waals surface area contributed by atoms with E-state index >= 15 is 0 Å². The second-order valence-corrected chi connectivity index (χ2v) is 4.41. The predicted molar refractivity (Wildman–Crippen MR) is 69.4 cm³/mol. The molecule has 0 atom stereocenters. The van der Waals surface area contributed by atoms with Crippen LogP contribution < -0.4 is 4.90 Å². The van der Waals surface area contributed by atoms with Gasteiger partial charge >= 0.3 is 0 Å². The summed E-state index contributed by atoms with van der Waals surface area (Å²) in [6.45, 7) is 7.26. The Morgan fingerprint density at radius 1 is 1.24 bits per heavy atom. The molecule has 1 saturated heterocycles. The van der Waals surface area contributed by atoms with E-state index < -0.39 is 0 Å². The predicted octanol–water partition coefficient (Wildman–Crippen LogP) is 0.758. The van der Waals surface area contributed by atoms with Gasteiger partial charge in [-0.3, -0.25) is 9.88 Å². The number of anilines is 1. The first kappa shape index (κ1) is 12.3. The molecule has 4 nitrogen and oxygen atoms in total. The highest BCUT2D eigenvalue weighted by Gasteiger charge is 2.16. The summed E-state index contributed by atoms with van der Waals surface area (Å²) in [7, 11) is 0. The van der Waals surface area contributed by atoms with Crippen molar-refractivity contribution in [1.82, 2.24) is 9.88 Å². The number of aliphatic hydroxyl groups excluding tert-OH is 1. The summed E-state index contributed by atoms with van der Waals surface area (Å²) < 4.78 is 0. The number of rotatable bonds is 4. The molecule has 2 rings (SSSR count). The Hall–Kier alpha value is -1.13. The molecule has 17 heavy (non-hydrogen) atoms. The van der Waals surface area contributed by atoms with Gasteiger partial charge in [-0.25, -0.2) is 0 Å². The summed E-state index contributed by atoms with van der Waals surface area (Å²) in [4.78, 5) is 9.09. The van der Waals surface area contributed by atoms with Crippen LogP contribution in [0.3, 0.4) is 0 Å². The topological polar surface area (TPSA) is 39.6 Å². The van der Waals surface area contributed by atoms with E-state index in [-0.39, 0.29) is 6.61 Å². The number of aryl methyl sites for hydroxylation is 1. The van der Waals surface area contributed by atoms with E-state index in [0.29, 0.717) is 0 Å². The van der Waals surface area contributed by atoms with Gasteiger partial charge in [-0.1, -0.05) is 6.92 Å². The zero-order valence-corrected chi connectivity index (χ0v) is 10.5. The van der Waals surface area contributed by atoms with Gasteiger partial charge in [0.15, 0.2) is 0 Å². The molecule has 1 aliphatic heterocycles. The molecule has 0 radical (unpaired) electrons. The van der Waals surface area contributed by atoms with Crippen LogP contribution in [0.4, 0.5) is 5.69 Å². The van der Waals surface area contributed by atoms with E-state index in [1.165, 1.54) is 5.69 Å². The minimum atomic E-state index is 0.257. The molecule has 2 heterocycles. The van der Waals surface area contributed by atoms with Crippen molar-refractivity contribution in [2.24, 2.45) is 0 Å². The molecule has 4 heteroatoms. The van der Waals surface area contributed by atoms with Gasteiger partial charge in [0.2, 0.25) is 0 Å². The molecule has 1 aromatic rings. The van der Waals surface area contributed by atoms with Crippen molar-refractivity contribution in [2.45, 2.75) is 13.3 Å². The monoisotopic (exact) mass is 235 g/mol. The second kappa shape index (κ2) is 5.98. The van der Waals surface area contributed by atoms with Crippen LogP contribution in [-0.2, 0) is 6.42 Å². The fourth-order valence-electron chi connectivity index (χ4n) is 2.18. The van der Waals surface area contributed by atoms with Crippen molar-refractivity contribution >= 4 is 5.69 Å². The fraction of sp³-hybridized carbons (Fsp3) is 0.615. The second-order valence-electron chi connectivity index (χ2n) is 4.41. The largest absolute Gasteiger partial charge is 0.395 e. The Morgan fingerprint density at radius 2 is 2.00 bits per heavy atom. The number of β-amino-alcohol motifs (C(OH)–C–C–N with tert-alkyl or cyclic N) is 1. The zero-order valence-electron chi connectivity index (χ0n) is 10.5. The maximum atomic E-state index is 8.89. The van der Waals surface area contributed by atoms with Crippen molar-refractivity contribution in [1.29, 1.82) is 0 Å². The van der Waals surface area contributed by atoms with E-state index in [1.807, 2.05) is 6.20 Å². The first-order chi connectivity index (χ1) is 8.33. The summed E-state index contributed by atoms with van der Waals surface area (Å²) in [5.41, 5.74) is 2.36. The third kappa shape index (κ3) is 3.17. The van der Waals surface area contributed by atoms with Gasteiger partial charge in [-0.2, -0.15) is 0 Å². The lowest BCUT2D eigenvalue weighted by Gasteiger charge is -2.35. The van der Waals surface area contributed by atoms with Gasteiger partial charge < -0.3 is 10.0 Å². The molecule has 0 bridgehead atoms. The Kier molecular flexibility index (Phi) is 4.34. The first-order valence-corrected chi connectivity index (χ1v) is 6.36. The quantitative estimate of drug-likeness (QED) is 0.836. The molecule has 94 valence electrons. The SMILES string of the molecule is CCc1ccc(N2CCN(CCO)CC2)cn1. The number of aromatic nitrogens is 1. The van der Waals surface area contributed by atoms with Gasteiger partial charge in [-0.05, 0) is 18.6 Å². The smallest absolute Gasteiger partial charge is 0.0558 e. The van der Waals surface area contributed by atoms with Crippen LogP contribution in [0.25, 0.3) is 0 Å². The molecule has 0 spiro atoms. The van der Waals surface area contributed by atoms with E-state index in [0.717, 1.165) is 44.8 Å². The molecule has 0 aliphatic carbocycles. The Labute approximate surface area is 103 Å². The fourth-order valence-corrected chi connectivity index (χ4v) is 2.18. The highest BCUT2D eigenvalue weighted by Crippen LogP contribution is 2.15. The van der Waals surface area contributed by atoms with Crippen molar-refractivity contribution in [3.63, 3.8) is 0 Å². The van der Waals surface area contributed by atoms with Gasteiger partial charge in [-0.15, -0.1) is 0 Å². The van der Waals surface area contributed by atoms with Gasteiger partial charge in [0, 0.05) is 38.4 Å². The minimum Gasteiger partial charge on any atom is -0.395 e.